The third-order valence-electron chi connectivity index (χ3n) is 7.41. The number of benzene rings is 1. The van der Waals surface area contributed by atoms with Gasteiger partial charge < -0.3 is 14.6 Å². The number of phenols is 1. The van der Waals surface area contributed by atoms with Gasteiger partial charge >= 0.3 is 5.97 Å². The maximum absolute atomic E-state index is 12.3. The third-order valence-corrected chi connectivity index (χ3v) is 7.87. The Morgan fingerprint density at radius 3 is 2.60 bits per heavy atom. The Morgan fingerprint density at radius 1 is 1.34 bits per heavy atom. The first-order chi connectivity index (χ1) is 16.4. The summed E-state index contributed by atoms with van der Waals surface area (Å²) in [6.45, 7) is 13.3. The average molecular weight is 505 g/mol. The number of allylic oxidation sites excluding steroid dienone is 4. The van der Waals surface area contributed by atoms with Gasteiger partial charge in [0.1, 0.15) is 17.3 Å². The SMILES string of the molecule is CCOC(=O)C(C)Oc1c(Cl)c(C)c(C=O)c(O)c1C/C=C(C)/C=C/C1(C)C(C)CCC(=O)C1C. The number of carbonyl (C=O) groups is 3. The van der Waals surface area contributed by atoms with Crippen molar-refractivity contribution in [2.45, 2.75) is 73.8 Å². The molecule has 0 aliphatic heterocycles. The Balaban J connectivity index is 2.41. The molecule has 6 nitrogen and oxygen atoms in total. The number of hydrogen-bond donors (Lipinski definition) is 1. The summed E-state index contributed by atoms with van der Waals surface area (Å²) < 4.78 is 10.8. The van der Waals surface area contributed by atoms with E-state index in [1.54, 1.807) is 13.8 Å². The maximum Gasteiger partial charge on any atom is 0.347 e. The molecule has 1 aliphatic rings. The van der Waals surface area contributed by atoms with E-state index in [-0.39, 0.29) is 52.2 Å². The highest BCUT2D eigenvalue weighted by molar-refractivity contribution is 6.33. The van der Waals surface area contributed by atoms with E-state index in [4.69, 9.17) is 21.1 Å². The average Bonchev–Trinajstić information content (AvgIpc) is 2.82. The van der Waals surface area contributed by atoms with Crippen LogP contribution in [0.25, 0.3) is 0 Å². The molecular formula is C28H37ClO6. The molecule has 1 N–H and O–H groups in total. The number of esters is 1. The molecule has 0 bridgehead atoms. The van der Waals surface area contributed by atoms with Gasteiger partial charge in [0.05, 0.1) is 17.2 Å². The number of phenolic OH excluding ortho intramolecular Hbond substituents is 1. The second-order valence-corrected chi connectivity index (χ2v) is 10.00. The van der Waals surface area contributed by atoms with E-state index in [1.807, 2.05) is 26.0 Å². The summed E-state index contributed by atoms with van der Waals surface area (Å²) in [5.74, 6) is -0.0382. The summed E-state index contributed by atoms with van der Waals surface area (Å²) in [5, 5.41) is 11.0. The molecule has 1 fully saturated rings. The lowest BCUT2D eigenvalue weighted by Gasteiger charge is -2.42. The van der Waals surface area contributed by atoms with Gasteiger partial charge in [0.2, 0.25) is 0 Å². The van der Waals surface area contributed by atoms with Crippen molar-refractivity contribution in [3.63, 3.8) is 0 Å². The lowest BCUT2D eigenvalue weighted by Crippen LogP contribution is -2.40. The van der Waals surface area contributed by atoms with Crippen LogP contribution in [0.2, 0.25) is 5.02 Å². The number of rotatable bonds is 9. The second kappa shape index (κ2) is 11.9. The minimum atomic E-state index is -0.955. The van der Waals surface area contributed by atoms with Gasteiger partial charge in [0.15, 0.2) is 12.4 Å². The molecule has 0 amide bonds. The Bertz CT molecular complexity index is 1040. The van der Waals surface area contributed by atoms with E-state index in [9.17, 15) is 19.5 Å². The van der Waals surface area contributed by atoms with Crippen LogP contribution in [0.5, 0.6) is 11.5 Å². The molecule has 1 aromatic carbocycles. The number of hydrogen-bond acceptors (Lipinski definition) is 6. The van der Waals surface area contributed by atoms with Crippen molar-refractivity contribution in [2.75, 3.05) is 6.61 Å². The summed E-state index contributed by atoms with van der Waals surface area (Å²) in [6, 6.07) is 0. The molecular weight excluding hydrogens is 468 g/mol. The molecule has 1 aromatic rings. The summed E-state index contributed by atoms with van der Waals surface area (Å²) in [5.41, 5.74) is 1.43. The van der Waals surface area contributed by atoms with E-state index in [2.05, 4.69) is 19.9 Å². The van der Waals surface area contributed by atoms with Gasteiger partial charge in [0, 0.05) is 17.9 Å². The molecule has 2 rings (SSSR count). The molecule has 0 aromatic heterocycles. The molecule has 0 heterocycles. The topological polar surface area (TPSA) is 89.9 Å². The molecule has 1 saturated carbocycles. The number of aromatic hydroxyl groups is 1. The van der Waals surface area contributed by atoms with Gasteiger partial charge in [-0.1, -0.05) is 56.2 Å². The normalized spacial score (nSPS) is 23.9. The molecule has 35 heavy (non-hydrogen) atoms. The van der Waals surface area contributed by atoms with Crippen LogP contribution in [0.1, 0.15) is 75.9 Å². The Labute approximate surface area is 213 Å². The zero-order valence-electron chi connectivity index (χ0n) is 21.7. The van der Waals surface area contributed by atoms with Gasteiger partial charge in [-0.15, -0.1) is 0 Å². The Hall–Kier alpha value is -2.60. The Morgan fingerprint density at radius 2 is 2.00 bits per heavy atom. The number of aldehydes is 1. The van der Waals surface area contributed by atoms with Crippen LogP contribution in [-0.4, -0.2) is 35.9 Å². The summed E-state index contributed by atoms with van der Waals surface area (Å²) in [4.78, 5) is 36.1. The molecule has 0 spiro atoms. The van der Waals surface area contributed by atoms with Crippen LogP contribution in [-0.2, 0) is 20.7 Å². The maximum atomic E-state index is 12.3. The smallest absolute Gasteiger partial charge is 0.347 e. The second-order valence-electron chi connectivity index (χ2n) is 9.62. The van der Waals surface area contributed by atoms with Gasteiger partial charge in [0.25, 0.3) is 0 Å². The van der Waals surface area contributed by atoms with Gasteiger partial charge in [-0.25, -0.2) is 4.79 Å². The van der Waals surface area contributed by atoms with Gasteiger partial charge in [-0.3, -0.25) is 9.59 Å². The van der Waals surface area contributed by atoms with E-state index in [0.29, 0.717) is 29.8 Å². The van der Waals surface area contributed by atoms with Crippen LogP contribution < -0.4 is 4.74 Å². The predicted octanol–water partition coefficient (Wildman–Crippen LogP) is 6.18. The predicted molar refractivity (Wildman–Crippen MR) is 137 cm³/mol. The van der Waals surface area contributed by atoms with E-state index in [0.717, 1.165) is 12.0 Å². The third kappa shape index (κ3) is 6.16. The highest BCUT2D eigenvalue weighted by Crippen LogP contribution is 2.45. The van der Waals surface area contributed by atoms with Crippen LogP contribution >= 0.6 is 11.6 Å². The number of ketones is 1. The monoisotopic (exact) mass is 504 g/mol. The fourth-order valence-corrected chi connectivity index (χ4v) is 4.68. The quantitative estimate of drug-likeness (QED) is 0.245. The Kier molecular flexibility index (Phi) is 9.73. The van der Waals surface area contributed by atoms with Crippen molar-refractivity contribution >= 4 is 29.6 Å². The summed E-state index contributed by atoms with van der Waals surface area (Å²) in [7, 11) is 0. The number of halogens is 1. The fraction of sp³-hybridized carbons (Fsp3) is 0.536. The number of carbonyl (C=O) groups excluding carboxylic acids is 3. The minimum absolute atomic E-state index is 0.0604. The van der Waals surface area contributed by atoms with Crippen molar-refractivity contribution in [3.8, 4) is 11.5 Å². The van der Waals surface area contributed by atoms with Gasteiger partial charge in [-0.05, 0) is 57.4 Å². The lowest BCUT2D eigenvalue weighted by atomic mass is 9.61. The zero-order chi connectivity index (χ0) is 26.5. The van der Waals surface area contributed by atoms with Crippen molar-refractivity contribution in [1.82, 2.24) is 0 Å². The molecule has 7 heteroatoms. The molecule has 0 saturated heterocycles. The lowest BCUT2D eigenvalue weighted by molar-refractivity contribution is -0.150. The molecule has 4 unspecified atom stereocenters. The van der Waals surface area contributed by atoms with Crippen LogP contribution in [0, 0.1) is 24.2 Å². The van der Waals surface area contributed by atoms with Crippen LogP contribution in [0.15, 0.2) is 23.8 Å². The van der Waals surface area contributed by atoms with E-state index < -0.39 is 12.1 Å². The first-order valence-corrected chi connectivity index (χ1v) is 12.5. The van der Waals surface area contributed by atoms with E-state index in [1.165, 1.54) is 6.92 Å². The highest BCUT2D eigenvalue weighted by Gasteiger charge is 2.41. The van der Waals surface area contributed by atoms with Crippen molar-refractivity contribution in [1.29, 1.82) is 0 Å². The minimum Gasteiger partial charge on any atom is -0.507 e. The largest absolute Gasteiger partial charge is 0.507 e. The van der Waals surface area contributed by atoms with Crippen molar-refractivity contribution < 1.29 is 29.0 Å². The summed E-state index contributed by atoms with van der Waals surface area (Å²) in [6.07, 6.45) is 7.29. The summed E-state index contributed by atoms with van der Waals surface area (Å²) >= 11 is 6.51. The molecule has 4 atom stereocenters. The van der Waals surface area contributed by atoms with Crippen LogP contribution in [0.3, 0.4) is 0 Å². The number of Topliss-reactive ketones (excluding diaryl/α,β-unsaturated/α-hetero) is 1. The first-order valence-electron chi connectivity index (χ1n) is 12.1. The van der Waals surface area contributed by atoms with Crippen LogP contribution in [0.4, 0.5) is 0 Å². The molecule has 0 radical (unpaired) electrons. The zero-order valence-corrected chi connectivity index (χ0v) is 22.5. The molecule has 192 valence electrons. The van der Waals surface area contributed by atoms with Gasteiger partial charge in [-0.2, -0.15) is 0 Å². The standard InChI is InChI=1S/C28H37ClO6/c1-8-34-27(33)20(6)35-26-21(25(32)22(15-30)18(4)24(26)29)11-9-16(2)13-14-28(7)17(3)10-12-23(31)19(28)5/h9,13-15,17,19-20,32H,8,10-12H2,1-7H3/b14-13+,16-9+. The molecule has 1 aliphatic carbocycles. The van der Waals surface area contributed by atoms with E-state index >= 15 is 0 Å². The first kappa shape index (κ1) is 28.6. The van der Waals surface area contributed by atoms with Crippen molar-refractivity contribution in [3.05, 3.63) is 45.5 Å². The fourth-order valence-electron chi connectivity index (χ4n) is 4.42. The van der Waals surface area contributed by atoms with Crippen molar-refractivity contribution in [2.24, 2.45) is 17.3 Å². The number of ether oxygens (including phenoxy) is 2. The highest BCUT2D eigenvalue weighted by atomic mass is 35.5.